The van der Waals surface area contributed by atoms with E-state index in [4.69, 9.17) is 19.7 Å². The zero-order chi connectivity index (χ0) is 37.5. The maximum atomic E-state index is 6.75. The van der Waals surface area contributed by atoms with Crippen molar-refractivity contribution in [1.82, 2.24) is 19.5 Å². The number of allylic oxidation sites excluding steroid dienone is 2. The lowest BCUT2D eigenvalue weighted by Crippen LogP contribution is -2.47. The molecule has 3 unspecified atom stereocenters. The molecule has 0 radical (unpaired) electrons. The van der Waals surface area contributed by atoms with Crippen LogP contribution in [0.5, 0.6) is 5.75 Å². The second-order valence-corrected chi connectivity index (χ2v) is 15.1. The lowest BCUT2D eigenvalue weighted by atomic mass is 9.60. The number of ether oxygens (including phenoxy) is 1. The van der Waals surface area contributed by atoms with Crippen LogP contribution in [0.1, 0.15) is 16.7 Å². The van der Waals surface area contributed by atoms with E-state index in [2.05, 4.69) is 138 Å². The van der Waals surface area contributed by atoms with Gasteiger partial charge < -0.3 is 9.30 Å². The Labute approximate surface area is 329 Å². The van der Waals surface area contributed by atoms with Crippen molar-refractivity contribution in [3.63, 3.8) is 0 Å². The first-order valence-electron chi connectivity index (χ1n) is 19.5. The molecule has 2 aromatic heterocycles. The maximum Gasteiger partial charge on any atom is 0.164 e. The molecular formula is C52H34N4O. The molecule has 2 aliphatic carbocycles. The summed E-state index contributed by atoms with van der Waals surface area (Å²) >= 11 is 0. The summed E-state index contributed by atoms with van der Waals surface area (Å²) < 4.78 is 9.17. The summed E-state index contributed by atoms with van der Waals surface area (Å²) in [5.41, 5.74) is 12.1. The van der Waals surface area contributed by atoms with E-state index in [1.165, 1.54) is 38.6 Å². The molecule has 57 heavy (non-hydrogen) atoms. The molecule has 0 fully saturated rings. The first-order valence-corrected chi connectivity index (χ1v) is 19.5. The Balaban J connectivity index is 1.11. The van der Waals surface area contributed by atoms with Crippen molar-refractivity contribution in [1.29, 1.82) is 0 Å². The molecule has 1 spiro atoms. The van der Waals surface area contributed by atoms with E-state index in [-0.39, 0.29) is 12.0 Å². The highest BCUT2D eigenvalue weighted by molar-refractivity contribution is 6.12. The van der Waals surface area contributed by atoms with Crippen molar-refractivity contribution in [3.8, 4) is 56.7 Å². The van der Waals surface area contributed by atoms with Gasteiger partial charge in [-0.1, -0.05) is 152 Å². The minimum absolute atomic E-state index is 0.0693. The van der Waals surface area contributed by atoms with Crippen LogP contribution < -0.4 is 4.74 Å². The van der Waals surface area contributed by atoms with E-state index in [1.807, 2.05) is 60.7 Å². The zero-order valence-corrected chi connectivity index (χ0v) is 30.8. The molecular weight excluding hydrogens is 697 g/mol. The summed E-state index contributed by atoms with van der Waals surface area (Å²) in [5, 5.41) is 2.43. The predicted octanol–water partition coefficient (Wildman–Crippen LogP) is 11.8. The fourth-order valence-electron chi connectivity index (χ4n) is 9.73. The molecule has 3 aliphatic rings. The second kappa shape index (κ2) is 12.3. The van der Waals surface area contributed by atoms with E-state index >= 15 is 0 Å². The molecule has 3 heterocycles. The number of aromatic nitrogens is 4. The van der Waals surface area contributed by atoms with Crippen LogP contribution in [0.3, 0.4) is 0 Å². The standard InChI is InChI=1S/C52H34N4O/c1-3-16-33(17-4-1)49-53-50(34-18-5-2-6-19-34)55-51(54-49)35-20-15-21-36(30-35)56-45-27-12-8-23-38(45)40-31-39-37-22-7-9-24-41(37)52(44(39)32-46(40)56)42-25-10-13-28-47(42)57-48-29-14-11-26-43(48)52/h1-32,42,47H. The van der Waals surface area contributed by atoms with E-state index < -0.39 is 5.41 Å². The van der Waals surface area contributed by atoms with Crippen molar-refractivity contribution in [2.75, 3.05) is 0 Å². The van der Waals surface area contributed by atoms with Gasteiger partial charge in [0.1, 0.15) is 11.9 Å². The Morgan fingerprint density at radius 1 is 0.456 bits per heavy atom. The molecule has 9 aromatic rings. The van der Waals surface area contributed by atoms with Crippen LogP contribution in [-0.2, 0) is 5.41 Å². The zero-order valence-electron chi connectivity index (χ0n) is 30.8. The first-order chi connectivity index (χ1) is 28.3. The highest BCUT2D eigenvalue weighted by atomic mass is 16.5. The van der Waals surface area contributed by atoms with Gasteiger partial charge in [0, 0.05) is 44.6 Å². The highest BCUT2D eigenvalue weighted by Crippen LogP contribution is 2.62. The maximum absolute atomic E-state index is 6.75. The minimum Gasteiger partial charge on any atom is -0.485 e. The molecule has 12 rings (SSSR count). The summed E-state index contributed by atoms with van der Waals surface area (Å²) in [4.78, 5) is 15.1. The first kappa shape index (κ1) is 31.9. The summed E-state index contributed by atoms with van der Waals surface area (Å²) in [6.45, 7) is 0. The van der Waals surface area contributed by atoms with Crippen molar-refractivity contribution in [3.05, 3.63) is 211 Å². The minimum atomic E-state index is -0.448. The van der Waals surface area contributed by atoms with Crippen molar-refractivity contribution in [2.45, 2.75) is 11.5 Å². The van der Waals surface area contributed by atoms with Crippen molar-refractivity contribution >= 4 is 21.8 Å². The van der Waals surface area contributed by atoms with Crippen molar-refractivity contribution < 1.29 is 4.74 Å². The number of hydrogen-bond acceptors (Lipinski definition) is 4. The average molecular weight is 731 g/mol. The van der Waals surface area contributed by atoms with Gasteiger partial charge in [0.25, 0.3) is 0 Å². The molecule has 5 nitrogen and oxygen atoms in total. The van der Waals surface area contributed by atoms with Gasteiger partial charge in [-0.15, -0.1) is 0 Å². The van der Waals surface area contributed by atoms with E-state index in [9.17, 15) is 0 Å². The van der Waals surface area contributed by atoms with Crippen LogP contribution in [0.15, 0.2) is 194 Å². The summed E-state index contributed by atoms with van der Waals surface area (Å²) in [6.07, 6.45) is 8.80. The predicted molar refractivity (Wildman–Crippen MR) is 228 cm³/mol. The third kappa shape index (κ3) is 4.66. The molecule has 268 valence electrons. The Hall–Kier alpha value is -7.37. The molecule has 0 N–H and O–H groups in total. The summed E-state index contributed by atoms with van der Waals surface area (Å²) in [6, 6.07) is 60.2. The van der Waals surface area contributed by atoms with E-state index in [0.29, 0.717) is 17.5 Å². The quantitative estimate of drug-likeness (QED) is 0.181. The highest BCUT2D eigenvalue weighted by Gasteiger charge is 2.56. The molecule has 0 amide bonds. The molecule has 0 saturated carbocycles. The molecule has 0 bridgehead atoms. The Morgan fingerprint density at radius 3 is 1.88 bits per heavy atom. The van der Waals surface area contributed by atoms with Gasteiger partial charge in [0.2, 0.25) is 0 Å². The van der Waals surface area contributed by atoms with E-state index in [0.717, 1.165) is 39.2 Å². The van der Waals surface area contributed by atoms with Gasteiger partial charge in [0.15, 0.2) is 17.5 Å². The van der Waals surface area contributed by atoms with Gasteiger partial charge in [-0.3, -0.25) is 0 Å². The Kier molecular flexibility index (Phi) is 6.90. The van der Waals surface area contributed by atoms with Gasteiger partial charge in [-0.05, 0) is 64.7 Å². The monoisotopic (exact) mass is 730 g/mol. The lowest BCUT2D eigenvalue weighted by Gasteiger charge is -2.47. The van der Waals surface area contributed by atoms with Gasteiger partial charge in [-0.25, -0.2) is 15.0 Å². The number of para-hydroxylation sites is 2. The topological polar surface area (TPSA) is 52.8 Å². The number of hydrogen-bond donors (Lipinski definition) is 0. The normalized spacial score (nSPS) is 18.6. The largest absolute Gasteiger partial charge is 0.485 e. The third-order valence-electron chi connectivity index (χ3n) is 12.1. The third-order valence-corrected chi connectivity index (χ3v) is 12.1. The Morgan fingerprint density at radius 2 is 1.09 bits per heavy atom. The van der Waals surface area contributed by atoms with Crippen LogP contribution in [0.2, 0.25) is 0 Å². The van der Waals surface area contributed by atoms with Gasteiger partial charge in [0.05, 0.1) is 16.4 Å². The SMILES string of the molecule is C1=CC2Oc3ccccc3C3(c4ccccc4-c4cc5c6ccccc6n(-c6cccc(-c7nc(-c8ccccc8)nc(-c8ccccc8)n7)c6)c5cc43)C2C=C1. The van der Waals surface area contributed by atoms with Crippen LogP contribution in [0.4, 0.5) is 0 Å². The number of benzene rings is 7. The van der Waals surface area contributed by atoms with Crippen LogP contribution in [0.25, 0.3) is 72.8 Å². The van der Waals surface area contributed by atoms with Crippen LogP contribution >= 0.6 is 0 Å². The number of nitrogens with zero attached hydrogens (tertiary/aromatic N) is 4. The van der Waals surface area contributed by atoms with Crippen LogP contribution in [-0.4, -0.2) is 25.6 Å². The molecule has 3 atom stereocenters. The molecule has 0 saturated heterocycles. The fourth-order valence-corrected chi connectivity index (χ4v) is 9.73. The fraction of sp³-hybridized carbons (Fsp3) is 0.0577. The van der Waals surface area contributed by atoms with Crippen molar-refractivity contribution in [2.24, 2.45) is 5.92 Å². The van der Waals surface area contributed by atoms with Crippen LogP contribution in [0, 0.1) is 5.92 Å². The lowest BCUT2D eigenvalue weighted by molar-refractivity contribution is 0.141. The second-order valence-electron chi connectivity index (χ2n) is 15.1. The molecule has 5 heteroatoms. The average Bonchev–Trinajstić information content (AvgIpc) is 3.76. The number of fused-ring (bicyclic) bond motifs is 12. The van der Waals surface area contributed by atoms with Gasteiger partial charge >= 0.3 is 0 Å². The smallest absolute Gasteiger partial charge is 0.164 e. The molecule has 7 aromatic carbocycles. The molecule has 1 aliphatic heterocycles. The number of rotatable bonds is 4. The van der Waals surface area contributed by atoms with Gasteiger partial charge in [-0.2, -0.15) is 0 Å². The summed E-state index contributed by atoms with van der Waals surface area (Å²) in [7, 11) is 0. The van der Waals surface area contributed by atoms with E-state index in [1.54, 1.807) is 0 Å². The summed E-state index contributed by atoms with van der Waals surface area (Å²) in [5.74, 6) is 2.92. The Bertz CT molecular complexity index is 3070.